The zero-order valence-electron chi connectivity index (χ0n) is 11.7. The molecule has 1 N–H and O–H groups in total. The Morgan fingerprint density at radius 3 is 2.50 bits per heavy atom. The second-order valence-electron chi connectivity index (χ2n) is 4.73. The van der Waals surface area contributed by atoms with E-state index < -0.39 is 0 Å². The van der Waals surface area contributed by atoms with Crippen molar-refractivity contribution < 1.29 is 4.74 Å². The summed E-state index contributed by atoms with van der Waals surface area (Å²) in [5.74, 6) is 0.942. The summed E-state index contributed by atoms with van der Waals surface area (Å²) in [5, 5.41) is 4.19. The molecular weight excluding hydrogens is 270 g/mol. The van der Waals surface area contributed by atoms with Gasteiger partial charge in [0.1, 0.15) is 5.75 Å². The number of benzene rings is 2. The molecule has 0 saturated heterocycles. The van der Waals surface area contributed by atoms with Crippen LogP contribution in [0.4, 0.5) is 0 Å². The van der Waals surface area contributed by atoms with Crippen LogP contribution < -0.4 is 10.1 Å². The lowest BCUT2D eigenvalue weighted by molar-refractivity contribution is 0.317. The van der Waals surface area contributed by atoms with Crippen molar-refractivity contribution in [3.05, 3.63) is 64.7 Å². The van der Waals surface area contributed by atoms with E-state index in [9.17, 15) is 0 Å². The molecule has 0 saturated carbocycles. The summed E-state index contributed by atoms with van der Waals surface area (Å²) in [6.07, 6.45) is 1.03. The van der Waals surface area contributed by atoms with E-state index in [2.05, 4.69) is 24.4 Å². The second-order valence-corrected chi connectivity index (χ2v) is 5.16. The van der Waals surface area contributed by atoms with Gasteiger partial charge in [0.15, 0.2) is 0 Å². The third-order valence-electron chi connectivity index (χ3n) is 2.94. The van der Waals surface area contributed by atoms with Crippen LogP contribution in [0.1, 0.15) is 24.5 Å². The molecule has 2 aromatic rings. The summed E-state index contributed by atoms with van der Waals surface area (Å²) in [6, 6.07) is 16.1. The van der Waals surface area contributed by atoms with Gasteiger partial charge in [-0.1, -0.05) is 42.8 Å². The van der Waals surface area contributed by atoms with Crippen LogP contribution in [0.15, 0.2) is 48.5 Å². The standard InChI is InChI=1S/C17H20ClNO/c1-2-10-20-17-5-3-4-15(11-17)13-19-12-14-6-8-16(18)9-7-14/h3-9,11,19H,2,10,12-13H2,1H3. The van der Waals surface area contributed by atoms with Gasteiger partial charge in [-0.2, -0.15) is 0 Å². The van der Waals surface area contributed by atoms with Crippen LogP contribution in [-0.2, 0) is 13.1 Å². The van der Waals surface area contributed by atoms with Gasteiger partial charge in [-0.15, -0.1) is 0 Å². The van der Waals surface area contributed by atoms with E-state index in [0.717, 1.165) is 36.9 Å². The maximum Gasteiger partial charge on any atom is 0.119 e. The number of ether oxygens (including phenoxy) is 1. The van der Waals surface area contributed by atoms with Crippen LogP contribution in [0.5, 0.6) is 5.75 Å². The SMILES string of the molecule is CCCOc1cccc(CNCc2ccc(Cl)cc2)c1. The Morgan fingerprint density at radius 2 is 1.75 bits per heavy atom. The highest BCUT2D eigenvalue weighted by atomic mass is 35.5. The Balaban J connectivity index is 1.82. The van der Waals surface area contributed by atoms with Gasteiger partial charge < -0.3 is 10.1 Å². The number of hydrogen-bond acceptors (Lipinski definition) is 2. The molecule has 0 amide bonds. The number of rotatable bonds is 7. The highest BCUT2D eigenvalue weighted by Gasteiger charge is 1.98. The summed E-state index contributed by atoms with van der Waals surface area (Å²) in [7, 11) is 0. The Labute approximate surface area is 125 Å². The Morgan fingerprint density at radius 1 is 1.00 bits per heavy atom. The normalized spacial score (nSPS) is 10.5. The summed E-state index contributed by atoms with van der Waals surface area (Å²) >= 11 is 5.87. The molecule has 2 rings (SSSR count). The van der Waals surface area contributed by atoms with Crippen molar-refractivity contribution in [3.8, 4) is 5.75 Å². The first-order valence-corrected chi connectivity index (χ1v) is 7.32. The molecule has 0 unspecified atom stereocenters. The van der Waals surface area contributed by atoms with Crippen molar-refractivity contribution in [1.29, 1.82) is 0 Å². The number of nitrogens with one attached hydrogen (secondary N) is 1. The molecule has 0 atom stereocenters. The highest BCUT2D eigenvalue weighted by Crippen LogP contribution is 2.14. The quantitative estimate of drug-likeness (QED) is 0.815. The van der Waals surface area contributed by atoms with E-state index in [-0.39, 0.29) is 0 Å². The maximum atomic E-state index is 5.87. The van der Waals surface area contributed by atoms with Gasteiger partial charge in [0, 0.05) is 18.1 Å². The zero-order chi connectivity index (χ0) is 14.2. The first-order chi connectivity index (χ1) is 9.78. The predicted octanol–water partition coefficient (Wildman–Crippen LogP) is 4.42. The molecule has 0 fully saturated rings. The van der Waals surface area contributed by atoms with Gasteiger partial charge in [0.25, 0.3) is 0 Å². The van der Waals surface area contributed by atoms with Crippen LogP contribution in [0, 0.1) is 0 Å². The molecule has 0 spiro atoms. The fraction of sp³-hybridized carbons (Fsp3) is 0.294. The summed E-state index contributed by atoms with van der Waals surface area (Å²) in [6.45, 7) is 4.53. The van der Waals surface area contributed by atoms with Gasteiger partial charge in [-0.25, -0.2) is 0 Å². The largest absolute Gasteiger partial charge is 0.494 e. The van der Waals surface area contributed by atoms with Gasteiger partial charge in [-0.3, -0.25) is 0 Å². The monoisotopic (exact) mass is 289 g/mol. The Kier molecular flexibility index (Phi) is 5.90. The van der Waals surface area contributed by atoms with Crippen molar-refractivity contribution in [3.63, 3.8) is 0 Å². The fourth-order valence-corrected chi connectivity index (χ4v) is 2.04. The van der Waals surface area contributed by atoms with Crippen LogP contribution in [0.25, 0.3) is 0 Å². The summed E-state index contributed by atoms with van der Waals surface area (Å²) < 4.78 is 5.63. The van der Waals surface area contributed by atoms with Gasteiger partial charge in [0.2, 0.25) is 0 Å². The third kappa shape index (κ3) is 4.87. The lowest BCUT2D eigenvalue weighted by atomic mass is 10.2. The molecule has 2 aromatic carbocycles. The first-order valence-electron chi connectivity index (χ1n) is 6.95. The third-order valence-corrected chi connectivity index (χ3v) is 3.19. The second kappa shape index (κ2) is 7.93. The fourth-order valence-electron chi connectivity index (χ4n) is 1.92. The molecule has 106 valence electrons. The highest BCUT2D eigenvalue weighted by molar-refractivity contribution is 6.30. The van der Waals surface area contributed by atoms with Crippen molar-refractivity contribution in [2.24, 2.45) is 0 Å². The van der Waals surface area contributed by atoms with Crippen molar-refractivity contribution in [1.82, 2.24) is 5.32 Å². The van der Waals surface area contributed by atoms with E-state index in [1.54, 1.807) is 0 Å². The van der Waals surface area contributed by atoms with E-state index in [1.807, 2.05) is 36.4 Å². The molecular formula is C17H20ClNO. The average Bonchev–Trinajstić information content (AvgIpc) is 2.48. The van der Waals surface area contributed by atoms with Crippen LogP contribution in [0.2, 0.25) is 5.02 Å². The Hall–Kier alpha value is -1.51. The van der Waals surface area contributed by atoms with Crippen molar-refractivity contribution in [2.45, 2.75) is 26.4 Å². The van der Waals surface area contributed by atoms with Crippen LogP contribution in [-0.4, -0.2) is 6.61 Å². The first kappa shape index (κ1) is 14.9. The van der Waals surface area contributed by atoms with Crippen LogP contribution in [0.3, 0.4) is 0 Å². The smallest absolute Gasteiger partial charge is 0.119 e. The summed E-state index contributed by atoms with van der Waals surface area (Å²) in [5.41, 5.74) is 2.46. The van der Waals surface area contributed by atoms with E-state index in [4.69, 9.17) is 16.3 Å². The van der Waals surface area contributed by atoms with E-state index in [0.29, 0.717) is 0 Å². The van der Waals surface area contributed by atoms with Gasteiger partial charge >= 0.3 is 0 Å². The summed E-state index contributed by atoms with van der Waals surface area (Å²) in [4.78, 5) is 0. The van der Waals surface area contributed by atoms with E-state index >= 15 is 0 Å². The van der Waals surface area contributed by atoms with Gasteiger partial charge in [0.05, 0.1) is 6.61 Å². The molecule has 0 bridgehead atoms. The lowest BCUT2D eigenvalue weighted by Crippen LogP contribution is -2.12. The number of halogens is 1. The van der Waals surface area contributed by atoms with E-state index in [1.165, 1.54) is 11.1 Å². The molecule has 0 aliphatic carbocycles. The molecule has 20 heavy (non-hydrogen) atoms. The number of hydrogen-bond donors (Lipinski definition) is 1. The van der Waals surface area contributed by atoms with Gasteiger partial charge in [-0.05, 0) is 41.8 Å². The average molecular weight is 290 g/mol. The Bertz CT molecular complexity index is 525. The molecule has 0 radical (unpaired) electrons. The maximum absolute atomic E-state index is 5.87. The molecule has 0 heterocycles. The molecule has 0 aromatic heterocycles. The molecule has 0 aliphatic rings. The minimum Gasteiger partial charge on any atom is -0.494 e. The minimum absolute atomic E-state index is 0.766. The zero-order valence-corrected chi connectivity index (χ0v) is 12.5. The molecule has 0 aliphatic heterocycles. The molecule has 2 nitrogen and oxygen atoms in total. The predicted molar refractivity (Wildman–Crippen MR) is 84.2 cm³/mol. The van der Waals surface area contributed by atoms with Crippen molar-refractivity contribution in [2.75, 3.05) is 6.61 Å². The molecule has 3 heteroatoms. The lowest BCUT2D eigenvalue weighted by Gasteiger charge is -2.08. The topological polar surface area (TPSA) is 21.3 Å². The van der Waals surface area contributed by atoms with Crippen LogP contribution >= 0.6 is 11.6 Å². The van der Waals surface area contributed by atoms with Crippen molar-refractivity contribution >= 4 is 11.6 Å². The minimum atomic E-state index is 0.766.